The molecule has 0 bridgehead atoms. The highest BCUT2D eigenvalue weighted by Gasteiger charge is 2.78. The average Bonchev–Trinajstić information content (AvgIpc) is 3.77. The van der Waals surface area contributed by atoms with Crippen molar-refractivity contribution in [2.45, 2.75) is 69.8 Å². The molecule has 2 fully saturated rings. The van der Waals surface area contributed by atoms with E-state index in [0.717, 1.165) is 12.1 Å². The zero-order valence-electron chi connectivity index (χ0n) is 33.4. The van der Waals surface area contributed by atoms with Crippen LogP contribution in [0.2, 0.25) is 0 Å². The van der Waals surface area contributed by atoms with Gasteiger partial charge in [-0.3, -0.25) is 19.4 Å². The summed E-state index contributed by atoms with van der Waals surface area (Å²) < 4.78 is 104. The van der Waals surface area contributed by atoms with Crippen molar-refractivity contribution < 1.29 is 64.7 Å². The summed E-state index contributed by atoms with van der Waals surface area (Å²) in [7, 11) is 5.55. The number of amides is 2. The van der Waals surface area contributed by atoms with Crippen LogP contribution in [0.1, 0.15) is 50.3 Å². The molecule has 5 aromatic rings. The zero-order valence-corrected chi connectivity index (χ0v) is 33.4. The van der Waals surface area contributed by atoms with Crippen molar-refractivity contribution in [3.63, 3.8) is 0 Å². The molecule has 2 unspecified atom stereocenters. The van der Waals surface area contributed by atoms with Gasteiger partial charge in [-0.15, -0.1) is 13.2 Å². The summed E-state index contributed by atoms with van der Waals surface area (Å²) in [5.74, 6) is -3.30. The first-order chi connectivity index (χ1) is 27.9. The van der Waals surface area contributed by atoms with Gasteiger partial charge >= 0.3 is 6.36 Å². The number of carbonyl (C=O) groups excluding carboxylic acids is 2. The third-order valence-electron chi connectivity index (χ3n) is 10.3. The summed E-state index contributed by atoms with van der Waals surface area (Å²) in [4.78, 5) is 37.7. The molecule has 13 nitrogen and oxygen atoms in total. The molecule has 2 aliphatic heterocycles. The lowest BCUT2D eigenvalue weighted by Crippen LogP contribution is -2.65. The molecule has 59 heavy (non-hydrogen) atoms. The minimum Gasteiger partial charge on any atom is -0.496 e. The molecule has 0 N–H and O–H groups in total. The van der Waals surface area contributed by atoms with Gasteiger partial charge in [-0.05, 0) is 81.8 Å². The normalized spacial score (nSPS) is 21.3. The highest BCUT2D eigenvalue weighted by Crippen LogP contribution is 2.66. The van der Waals surface area contributed by atoms with Crippen molar-refractivity contribution in [3.05, 3.63) is 107 Å². The average molecular weight is 824 g/mol. The molecule has 17 heteroatoms. The van der Waals surface area contributed by atoms with Crippen molar-refractivity contribution in [2.75, 3.05) is 28.4 Å². The van der Waals surface area contributed by atoms with Crippen LogP contribution >= 0.6 is 0 Å². The van der Waals surface area contributed by atoms with E-state index in [9.17, 15) is 13.2 Å². The fourth-order valence-electron chi connectivity index (χ4n) is 7.98. The molecule has 2 aliphatic rings. The molecule has 0 radical (unpaired) electrons. The van der Waals surface area contributed by atoms with E-state index in [2.05, 4.69) is 9.72 Å². The summed E-state index contributed by atoms with van der Waals surface area (Å²) in [5, 5.41) is 0. The van der Waals surface area contributed by atoms with Crippen LogP contribution in [0.5, 0.6) is 28.7 Å². The molecule has 2 amide bonds. The second-order valence-corrected chi connectivity index (χ2v) is 14.8. The number of nitrogens with zero attached hydrogens (tertiary/aromatic N) is 3. The van der Waals surface area contributed by atoms with Crippen LogP contribution in [0.15, 0.2) is 83.3 Å². The van der Waals surface area contributed by atoms with Crippen molar-refractivity contribution in [2.24, 2.45) is 0 Å². The van der Waals surface area contributed by atoms with Gasteiger partial charge in [0.2, 0.25) is 17.3 Å². The molecule has 1 aromatic heterocycles. The third kappa shape index (κ3) is 6.61. The second-order valence-electron chi connectivity index (χ2n) is 14.8. The number of ether oxygens (including phenoxy) is 7. The highest BCUT2D eigenvalue weighted by molar-refractivity contribution is 5.91. The summed E-state index contributed by atoms with van der Waals surface area (Å²) in [5.41, 5.74) is -7.36. The number of para-hydroxylation sites is 2. The number of fused-ring (bicyclic) bond motifs is 1. The van der Waals surface area contributed by atoms with Crippen molar-refractivity contribution in [1.82, 2.24) is 14.8 Å². The highest BCUT2D eigenvalue weighted by atomic mass is 19.4. The Morgan fingerprint density at radius 2 is 1.12 bits per heavy atom. The van der Waals surface area contributed by atoms with E-state index in [1.54, 1.807) is 60.7 Å². The van der Waals surface area contributed by atoms with E-state index in [1.165, 1.54) is 72.0 Å². The Balaban J connectivity index is 1.64. The number of alkyl halides is 3. The Morgan fingerprint density at radius 1 is 0.644 bits per heavy atom. The number of benzene rings is 4. The number of oxazole rings is 1. The van der Waals surface area contributed by atoms with Crippen LogP contribution in [-0.2, 0) is 43.6 Å². The summed E-state index contributed by atoms with van der Waals surface area (Å²) in [6.45, 7) is 5.10. The molecule has 0 aliphatic carbocycles. The Kier molecular flexibility index (Phi) is 10.2. The molecule has 2 atom stereocenters. The Morgan fingerprint density at radius 3 is 1.56 bits per heavy atom. The smallest absolute Gasteiger partial charge is 0.496 e. The van der Waals surface area contributed by atoms with E-state index in [1.807, 2.05) is 0 Å². The Labute approximate surface area is 336 Å². The van der Waals surface area contributed by atoms with Gasteiger partial charge in [0, 0.05) is 6.54 Å². The van der Waals surface area contributed by atoms with E-state index >= 15 is 14.0 Å². The number of aromatic nitrogens is 1. The Hall–Kier alpha value is -6.07. The third-order valence-corrected chi connectivity index (χ3v) is 10.3. The standard InChI is InChI=1S/C42H41F4N3O10/c1-38(2)36(50)48(22-24-19-20-27(25(43)21-24)57-42(44,45)46)40(58-38,34-29(52-5)15-11-16-30(34)53-6)41(35-31(54-7)17-12-18-32(35)55-8)49(37(51)39(3,4)59-41)23-33-47-26-13-9-10-14-28(26)56-33/h9-21H,22-23H2,1-8H3. The van der Waals surface area contributed by atoms with E-state index < -0.39 is 65.5 Å². The van der Waals surface area contributed by atoms with Crippen LogP contribution in [0.3, 0.4) is 0 Å². The van der Waals surface area contributed by atoms with Gasteiger partial charge in [-0.1, -0.05) is 30.3 Å². The molecule has 3 heterocycles. The van der Waals surface area contributed by atoms with E-state index in [-0.39, 0.29) is 45.6 Å². The molecular formula is C42H41F4N3O10. The summed E-state index contributed by atoms with van der Waals surface area (Å²) in [6.07, 6.45) is -5.18. The molecule has 312 valence electrons. The van der Waals surface area contributed by atoms with Crippen LogP contribution in [0.4, 0.5) is 17.6 Å². The number of hydrogen-bond acceptors (Lipinski definition) is 11. The predicted molar refractivity (Wildman–Crippen MR) is 201 cm³/mol. The maximum Gasteiger partial charge on any atom is 0.573 e. The molecule has 2 saturated heterocycles. The van der Waals surface area contributed by atoms with Gasteiger partial charge in [0.05, 0.1) is 39.6 Å². The summed E-state index contributed by atoms with van der Waals surface area (Å²) >= 11 is 0. The minimum atomic E-state index is -5.18. The van der Waals surface area contributed by atoms with Gasteiger partial charge in [0.15, 0.2) is 17.1 Å². The zero-order chi connectivity index (χ0) is 42.7. The van der Waals surface area contributed by atoms with Crippen LogP contribution < -0.4 is 23.7 Å². The van der Waals surface area contributed by atoms with Crippen molar-refractivity contribution >= 4 is 22.9 Å². The van der Waals surface area contributed by atoms with Crippen molar-refractivity contribution in [1.29, 1.82) is 0 Å². The lowest BCUT2D eigenvalue weighted by Gasteiger charge is -2.53. The first kappa shape index (κ1) is 41.1. The predicted octanol–water partition coefficient (Wildman–Crippen LogP) is 7.58. The minimum absolute atomic E-state index is 0.00106. The van der Waals surface area contributed by atoms with Gasteiger partial charge < -0.3 is 37.6 Å². The first-order valence-corrected chi connectivity index (χ1v) is 18.2. The van der Waals surface area contributed by atoms with E-state index in [0.29, 0.717) is 11.1 Å². The number of hydrogen-bond donors (Lipinski definition) is 0. The molecular weight excluding hydrogens is 782 g/mol. The number of halogens is 4. The maximum atomic E-state index is 15.5. The monoisotopic (exact) mass is 823 g/mol. The number of carbonyl (C=O) groups is 2. The Bertz CT molecular complexity index is 2360. The topological polar surface area (TPSA) is 131 Å². The number of rotatable bonds is 12. The van der Waals surface area contributed by atoms with Crippen LogP contribution in [0.25, 0.3) is 11.1 Å². The molecule has 0 saturated carbocycles. The second kappa shape index (κ2) is 14.6. The number of methoxy groups -OCH3 is 4. The fraction of sp³-hybridized carbons (Fsp3) is 0.357. The van der Waals surface area contributed by atoms with Crippen LogP contribution in [-0.4, -0.2) is 72.6 Å². The largest absolute Gasteiger partial charge is 0.573 e. The van der Waals surface area contributed by atoms with Crippen LogP contribution in [0, 0.1) is 5.82 Å². The SMILES string of the molecule is COc1cccc(OC)c1C1(C2(c3c(OC)cccc3OC)OC(C)(C)C(=O)N2Cc2nc3ccccc3o2)OC(C)(C)C(=O)N1Cc1ccc(OC(F)(F)F)c(F)c1. The van der Waals surface area contributed by atoms with E-state index in [4.69, 9.17) is 32.8 Å². The van der Waals surface area contributed by atoms with Crippen molar-refractivity contribution in [3.8, 4) is 28.7 Å². The quantitative estimate of drug-likeness (QED) is 0.115. The lowest BCUT2D eigenvalue weighted by molar-refractivity contribution is -0.317. The first-order valence-electron chi connectivity index (χ1n) is 18.2. The van der Waals surface area contributed by atoms with Gasteiger partial charge in [-0.2, -0.15) is 0 Å². The summed E-state index contributed by atoms with van der Waals surface area (Å²) in [6, 6.07) is 19.4. The fourth-order valence-corrected chi connectivity index (χ4v) is 7.98. The maximum absolute atomic E-state index is 15.5. The van der Waals surface area contributed by atoms with Gasteiger partial charge in [0.1, 0.15) is 46.3 Å². The lowest BCUT2D eigenvalue weighted by atomic mass is 9.81. The van der Waals surface area contributed by atoms with Gasteiger partial charge in [0.25, 0.3) is 11.8 Å². The molecule has 4 aromatic carbocycles. The van der Waals surface area contributed by atoms with Gasteiger partial charge in [-0.25, -0.2) is 9.37 Å². The molecule has 7 rings (SSSR count). The molecule has 0 spiro atoms.